The van der Waals surface area contributed by atoms with E-state index >= 15 is 0 Å². The summed E-state index contributed by atoms with van der Waals surface area (Å²) in [5.41, 5.74) is 3.27. The standard InChI is InChI=1S/C16H15FN2/c1-11-5-3-4-6-16(11)12(2)19-15-8-13(10-18)7-14(17)9-15/h3-9,12,19H,1-2H3. The second kappa shape index (κ2) is 5.53. The Morgan fingerprint density at radius 3 is 2.63 bits per heavy atom. The van der Waals surface area contributed by atoms with E-state index < -0.39 is 5.82 Å². The molecular formula is C16H15FN2. The Bertz CT molecular complexity index is 629. The summed E-state index contributed by atoms with van der Waals surface area (Å²) in [6.07, 6.45) is 0. The van der Waals surface area contributed by atoms with Crippen LogP contribution in [0.15, 0.2) is 42.5 Å². The van der Waals surface area contributed by atoms with Crippen molar-refractivity contribution in [2.24, 2.45) is 0 Å². The summed E-state index contributed by atoms with van der Waals surface area (Å²) >= 11 is 0. The largest absolute Gasteiger partial charge is 0.378 e. The first-order chi connectivity index (χ1) is 9.10. The van der Waals surface area contributed by atoms with Crippen LogP contribution in [-0.4, -0.2) is 0 Å². The summed E-state index contributed by atoms with van der Waals surface area (Å²) in [5, 5.41) is 12.1. The molecule has 3 heteroatoms. The number of nitrogens with zero attached hydrogens (tertiary/aromatic N) is 1. The summed E-state index contributed by atoms with van der Waals surface area (Å²) in [7, 11) is 0. The molecule has 2 rings (SSSR count). The van der Waals surface area contributed by atoms with E-state index in [1.165, 1.54) is 17.7 Å². The molecule has 2 aromatic carbocycles. The first-order valence-corrected chi connectivity index (χ1v) is 6.13. The van der Waals surface area contributed by atoms with Gasteiger partial charge in [-0.25, -0.2) is 4.39 Å². The zero-order valence-electron chi connectivity index (χ0n) is 10.9. The van der Waals surface area contributed by atoms with Crippen molar-refractivity contribution in [1.29, 1.82) is 5.26 Å². The van der Waals surface area contributed by atoms with Gasteiger partial charge in [0, 0.05) is 11.7 Å². The number of nitriles is 1. The number of aryl methyl sites for hydroxylation is 1. The maximum absolute atomic E-state index is 13.4. The smallest absolute Gasteiger partial charge is 0.126 e. The van der Waals surface area contributed by atoms with Gasteiger partial charge in [0.1, 0.15) is 5.82 Å². The van der Waals surface area contributed by atoms with Gasteiger partial charge in [-0.1, -0.05) is 24.3 Å². The molecule has 2 nitrogen and oxygen atoms in total. The molecule has 0 heterocycles. The van der Waals surface area contributed by atoms with E-state index in [4.69, 9.17) is 5.26 Å². The summed E-state index contributed by atoms with van der Waals surface area (Å²) in [6.45, 7) is 4.05. The van der Waals surface area contributed by atoms with Gasteiger partial charge < -0.3 is 5.32 Å². The molecule has 19 heavy (non-hydrogen) atoms. The van der Waals surface area contributed by atoms with Crippen LogP contribution in [0.2, 0.25) is 0 Å². The molecule has 0 amide bonds. The van der Waals surface area contributed by atoms with Crippen LogP contribution in [-0.2, 0) is 0 Å². The predicted molar refractivity (Wildman–Crippen MR) is 74.3 cm³/mol. The van der Waals surface area contributed by atoms with Gasteiger partial charge in [-0.05, 0) is 43.2 Å². The third-order valence-electron chi connectivity index (χ3n) is 3.07. The highest BCUT2D eigenvalue weighted by molar-refractivity contribution is 5.51. The van der Waals surface area contributed by atoms with Gasteiger partial charge in [0.25, 0.3) is 0 Å². The molecule has 96 valence electrons. The molecule has 0 bridgehead atoms. The topological polar surface area (TPSA) is 35.8 Å². The molecule has 1 unspecified atom stereocenters. The lowest BCUT2D eigenvalue weighted by atomic mass is 10.0. The predicted octanol–water partition coefficient (Wildman–Crippen LogP) is 4.18. The Morgan fingerprint density at radius 2 is 1.95 bits per heavy atom. The molecule has 2 aromatic rings. The van der Waals surface area contributed by atoms with E-state index in [-0.39, 0.29) is 6.04 Å². The maximum atomic E-state index is 13.4. The Labute approximate surface area is 112 Å². The number of anilines is 1. The normalized spacial score (nSPS) is 11.7. The average Bonchev–Trinajstić information content (AvgIpc) is 2.38. The van der Waals surface area contributed by atoms with Gasteiger partial charge in [-0.2, -0.15) is 5.26 Å². The lowest BCUT2D eigenvalue weighted by Crippen LogP contribution is -2.08. The van der Waals surface area contributed by atoms with Crippen molar-refractivity contribution in [3.63, 3.8) is 0 Å². The van der Waals surface area contributed by atoms with Crippen molar-refractivity contribution < 1.29 is 4.39 Å². The fourth-order valence-corrected chi connectivity index (χ4v) is 2.14. The van der Waals surface area contributed by atoms with Crippen LogP contribution in [0.1, 0.15) is 29.7 Å². The number of halogens is 1. The molecule has 0 spiro atoms. The maximum Gasteiger partial charge on any atom is 0.126 e. The monoisotopic (exact) mass is 254 g/mol. The molecule has 0 saturated carbocycles. The average molecular weight is 254 g/mol. The minimum Gasteiger partial charge on any atom is -0.378 e. The fourth-order valence-electron chi connectivity index (χ4n) is 2.14. The van der Waals surface area contributed by atoms with E-state index in [1.54, 1.807) is 6.07 Å². The van der Waals surface area contributed by atoms with E-state index in [0.29, 0.717) is 11.3 Å². The Morgan fingerprint density at radius 1 is 1.21 bits per heavy atom. The highest BCUT2D eigenvalue weighted by atomic mass is 19.1. The lowest BCUT2D eigenvalue weighted by Gasteiger charge is -2.18. The number of nitrogens with one attached hydrogen (secondary N) is 1. The molecule has 0 aliphatic heterocycles. The zero-order chi connectivity index (χ0) is 13.8. The van der Waals surface area contributed by atoms with E-state index in [2.05, 4.69) is 5.32 Å². The van der Waals surface area contributed by atoms with E-state index in [0.717, 1.165) is 5.56 Å². The third-order valence-corrected chi connectivity index (χ3v) is 3.07. The highest BCUT2D eigenvalue weighted by Gasteiger charge is 2.09. The lowest BCUT2D eigenvalue weighted by molar-refractivity contribution is 0.627. The van der Waals surface area contributed by atoms with E-state index in [9.17, 15) is 4.39 Å². The van der Waals surface area contributed by atoms with Crippen LogP contribution in [0.5, 0.6) is 0 Å². The molecule has 0 aromatic heterocycles. The Kier molecular flexibility index (Phi) is 3.82. The van der Waals surface area contributed by atoms with Gasteiger partial charge in [-0.3, -0.25) is 0 Å². The van der Waals surface area contributed by atoms with Crippen molar-refractivity contribution in [1.82, 2.24) is 0 Å². The van der Waals surface area contributed by atoms with Crippen LogP contribution in [0.3, 0.4) is 0 Å². The summed E-state index contributed by atoms with van der Waals surface area (Å²) < 4.78 is 13.4. The quantitative estimate of drug-likeness (QED) is 0.891. The molecule has 0 saturated heterocycles. The van der Waals surface area contributed by atoms with Crippen LogP contribution < -0.4 is 5.32 Å². The van der Waals surface area contributed by atoms with Gasteiger partial charge in [0.15, 0.2) is 0 Å². The van der Waals surface area contributed by atoms with Gasteiger partial charge in [0.05, 0.1) is 11.6 Å². The van der Waals surface area contributed by atoms with Gasteiger partial charge >= 0.3 is 0 Å². The van der Waals surface area contributed by atoms with Crippen molar-refractivity contribution in [3.8, 4) is 6.07 Å². The summed E-state index contributed by atoms with van der Waals surface area (Å²) in [5.74, 6) is -0.404. The molecule has 0 aliphatic carbocycles. The van der Waals surface area contributed by atoms with Gasteiger partial charge in [0.2, 0.25) is 0 Å². The molecule has 0 fully saturated rings. The highest BCUT2D eigenvalue weighted by Crippen LogP contribution is 2.23. The zero-order valence-corrected chi connectivity index (χ0v) is 10.9. The van der Waals surface area contributed by atoms with Crippen molar-refractivity contribution >= 4 is 5.69 Å². The van der Waals surface area contributed by atoms with Crippen LogP contribution in [0.4, 0.5) is 10.1 Å². The van der Waals surface area contributed by atoms with Crippen molar-refractivity contribution in [3.05, 3.63) is 65.0 Å². The number of hydrogen-bond donors (Lipinski definition) is 1. The van der Waals surface area contributed by atoms with Gasteiger partial charge in [-0.15, -0.1) is 0 Å². The van der Waals surface area contributed by atoms with Crippen molar-refractivity contribution in [2.45, 2.75) is 19.9 Å². The molecule has 1 N–H and O–H groups in total. The van der Waals surface area contributed by atoms with Crippen LogP contribution in [0, 0.1) is 24.1 Å². The first kappa shape index (κ1) is 13.1. The SMILES string of the molecule is Cc1ccccc1C(C)Nc1cc(F)cc(C#N)c1. The van der Waals surface area contributed by atoms with Crippen molar-refractivity contribution in [2.75, 3.05) is 5.32 Å². The second-order valence-corrected chi connectivity index (χ2v) is 4.56. The number of rotatable bonds is 3. The molecule has 0 radical (unpaired) electrons. The fraction of sp³-hybridized carbons (Fsp3) is 0.188. The van der Waals surface area contributed by atoms with Crippen LogP contribution in [0.25, 0.3) is 0 Å². The molecular weight excluding hydrogens is 239 g/mol. The number of hydrogen-bond acceptors (Lipinski definition) is 2. The minimum absolute atomic E-state index is 0.0505. The summed E-state index contributed by atoms with van der Waals surface area (Å²) in [6, 6.07) is 14.3. The Hall–Kier alpha value is -2.34. The first-order valence-electron chi connectivity index (χ1n) is 6.13. The number of benzene rings is 2. The Balaban J connectivity index is 2.24. The van der Waals surface area contributed by atoms with Crippen LogP contribution >= 0.6 is 0 Å². The molecule has 1 atom stereocenters. The van der Waals surface area contributed by atoms with E-state index in [1.807, 2.05) is 44.2 Å². The molecule has 0 aliphatic rings. The second-order valence-electron chi connectivity index (χ2n) is 4.56. The minimum atomic E-state index is -0.404. The third kappa shape index (κ3) is 3.11. The summed E-state index contributed by atoms with van der Waals surface area (Å²) in [4.78, 5) is 0.